The highest BCUT2D eigenvalue weighted by Gasteiger charge is 2.29. The molecule has 1 saturated heterocycles. The van der Waals surface area contributed by atoms with Crippen LogP contribution in [0.2, 0.25) is 0 Å². The van der Waals surface area contributed by atoms with E-state index < -0.39 is 18.2 Å². The number of piperazine rings is 1. The van der Waals surface area contributed by atoms with Crippen molar-refractivity contribution in [2.75, 3.05) is 19.7 Å². The van der Waals surface area contributed by atoms with Crippen LogP contribution in [0.3, 0.4) is 0 Å². The fourth-order valence-electron chi connectivity index (χ4n) is 3.93. The first kappa shape index (κ1) is 19.7. The average Bonchev–Trinajstić information content (AvgIpc) is 2.65. The standard InChI is InChI=1S/C22H27FN2O2/c1-16-11-24(13-18-6-4-3-5-7-18)12-17(2)25(16)14-19-8-9-20(21(23)10-19)22(27)15-26/h3-10,16-17,26H,11-15H2,1-2H3/t16-,17+. The van der Waals surface area contributed by atoms with Crippen molar-refractivity contribution in [2.45, 2.75) is 39.0 Å². The second-order valence-corrected chi connectivity index (χ2v) is 7.45. The van der Waals surface area contributed by atoms with Gasteiger partial charge in [-0.3, -0.25) is 14.6 Å². The lowest BCUT2D eigenvalue weighted by Crippen LogP contribution is -2.55. The first-order chi connectivity index (χ1) is 13.0. The van der Waals surface area contributed by atoms with Crippen LogP contribution >= 0.6 is 0 Å². The van der Waals surface area contributed by atoms with Gasteiger partial charge in [-0.05, 0) is 37.1 Å². The Morgan fingerprint density at radius 3 is 2.30 bits per heavy atom. The molecule has 1 fully saturated rings. The highest BCUT2D eigenvalue weighted by atomic mass is 19.1. The SMILES string of the molecule is C[C@@H]1CN(Cc2ccccc2)C[C@H](C)N1Cc1ccc(C(=O)CO)c(F)c1. The summed E-state index contributed by atoms with van der Waals surface area (Å²) >= 11 is 0. The van der Waals surface area contributed by atoms with Gasteiger partial charge in [0.25, 0.3) is 0 Å². The molecule has 0 aliphatic carbocycles. The van der Waals surface area contributed by atoms with Crippen LogP contribution in [-0.2, 0) is 13.1 Å². The van der Waals surface area contributed by atoms with E-state index in [0.29, 0.717) is 18.6 Å². The van der Waals surface area contributed by atoms with Gasteiger partial charge in [0, 0.05) is 38.3 Å². The van der Waals surface area contributed by atoms with Gasteiger partial charge in [0.05, 0.1) is 5.56 Å². The number of nitrogens with zero attached hydrogens (tertiary/aromatic N) is 2. The van der Waals surface area contributed by atoms with Crippen LogP contribution in [0.15, 0.2) is 48.5 Å². The van der Waals surface area contributed by atoms with Gasteiger partial charge < -0.3 is 5.11 Å². The molecule has 0 radical (unpaired) electrons. The zero-order chi connectivity index (χ0) is 19.4. The van der Waals surface area contributed by atoms with Crippen LogP contribution in [-0.4, -0.2) is 52.5 Å². The predicted octanol–water partition coefficient (Wildman–Crippen LogP) is 3.10. The third kappa shape index (κ3) is 4.80. The molecule has 1 aliphatic heterocycles. The minimum atomic E-state index is -0.673. The Hall–Kier alpha value is -2.08. The topological polar surface area (TPSA) is 43.8 Å². The summed E-state index contributed by atoms with van der Waals surface area (Å²) in [4.78, 5) is 16.4. The van der Waals surface area contributed by atoms with E-state index in [1.807, 2.05) is 6.07 Å². The highest BCUT2D eigenvalue weighted by molar-refractivity contribution is 5.97. The van der Waals surface area contributed by atoms with Crippen molar-refractivity contribution < 1.29 is 14.3 Å². The van der Waals surface area contributed by atoms with E-state index in [4.69, 9.17) is 5.11 Å². The molecule has 1 heterocycles. The van der Waals surface area contributed by atoms with Crippen LogP contribution in [0, 0.1) is 5.82 Å². The van der Waals surface area contributed by atoms with Gasteiger partial charge in [-0.2, -0.15) is 0 Å². The molecule has 5 heteroatoms. The maximum absolute atomic E-state index is 14.2. The summed E-state index contributed by atoms with van der Waals surface area (Å²) in [7, 11) is 0. The Morgan fingerprint density at radius 1 is 1.04 bits per heavy atom. The molecule has 1 aliphatic rings. The number of hydrogen-bond acceptors (Lipinski definition) is 4. The third-order valence-corrected chi connectivity index (χ3v) is 5.27. The molecule has 2 aromatic carbocycles. The van der Waals surface area contributed by atoms with Crippen molar-refractivity contribution in [2.24, 2.45) is 0 Å². The summed E-state index contributed by atoms with van der Waals surface area (Å²) in [5, 5.41) is 8.91. The van der Waals surface area contributed by atoms with E-state index in [9.17, 15) is 9.18 Å². The smallest absolute Gasteiger partial charge is 0.191 e. The largest absolute Gasteiger partial charge is 0.388 e. The number of benzene rings is 2. The van der Waals surface area contributed by atoms with E-state index >= 15 is 0 Å². The monoisotopic (exact) mass is 370 g/mol. The van der Waals surface area contributed by atoms with E-state index in [1.54, 1.807) is 6.07 Å². The number of hydrogen-bond donors (Lipinski definition) is 1. The molecule has 0 bridgehead atoms. The summed E-state index contributed by atoms with van der Waals surface area (Å²) in [5.74, 6) is -1.15. The van der Waals surface area contributed by atoms with Gasteiger partial charge in [0.15, 0.2) is 5.78 Å². The van der Waals surface area contributed by atoms with Gasteiger partial charge in [-0.25, -0.2) is 4.39 Å². The molecule has 0 amide bonds. The van der Waals surface area contributed by atoms with Gasteiger partial charge >= 0.3 is 0 Å². The van der Waals surface area contributed by atoms with Gasteiger partial charge in [0.2, 0.25) is 0 Å². The van der Waals surface area contributed by atoms with Crippen molar-refractivity contribution in [3.05, 3.63) is 71.0 Å². The molecular weight excluding hydrogens is 343 g/mol. The normalized spacial score (nSPS) is 21.3. The first-order valence-electron chi connectivity index (χ1n) is 9.42. The number of Topliss-reactive ketones (excluding diaryl/α,β-unsaturated/α-hetero) is 1. The van der Waals surface area contributed by atoms with Gasteiger partial charge in [-0.1, -0.05) is 36.4 Å². The average molecular weight is 370 g/mol. The van der Waals surface area contributed by atoms with Gasteiger partial charge in [0.1, 0.15) is 12.4 Å². The molecular formula is C22H27FN2O2. The highest BCUT2D eigenvalue weighted by Crippen LogP contribution is 2.22. The van der Waals surface area contributed by atoms with E-state index in [0.717, 1.165) is 25.2 Å². The second kappa shape index (κ2) is 8.74. The molecule has 0 saturated carbocycles. The van der Waals surface area contributed by atoms with Crippen molar-refractivity contribution in [1.82, 2.24) is 9.80 Å². The molecule has 0 spiro atoms. The van der Waals surface area contributed by atoms with E-state index in [-0.39, 0.29) is 5.56 Å². The van der Waals surface area contributed by atoms with Crippen LogP contribution in [0.5, 0.6) is 0 Å². The Morgan fingerprint density at radius 2 is 1.70 bits per heavy atom. The van der Waals surface area contributed by atoms with Crippen molar-refractivity contribution in [3.63, 3.8) is 0 Å². The summed E-state index contributed by atoms with van der Waals surface area (Å²) in [6.07, 6.45) is 0. The molecule has 3 rings (SSSR count). The summed E-state index contributed by atoms with van der Waals surface area (Å²) in [6.45, 7) is 7.24. The lowest BCUT2D eigenvalue weighted by atomic mass is 10.0. The third-order valence-electron chi connectivity index (χ3n) is 5.27. The number of carbonyl (C=O) groups is 1. The predicted molar refractivity (Wildman–Crippen MR) is 104 cm³/mol. The Bertz CT molecular complexity index is 769. The van der Waals surface area contributed by atoms with Crippen molar-refractivity contribution in [3.8, 4) is 0 Å². The Labute approximate surface area is 160 Å². The molecule has 0 aromatic heterocycles. The number of carbonyl (C=O) groups excluding carboxylic acids is 1. The van der Waals surface area contributed by atoms with E-state index in [1.165, 1.54) is 17.7 Å². The lowest BCUT2D eigenvalue weighted by molar-refractivity contribution is 0.0289. The number of halogens is 1. The van der Waals surface area contributed by atoms with Crippen molar-refractivity contribution in [1.29, 1.82) is 0 Å². The lowest BCUT2D eigenvalue weighted by Gasteiger charge is -2.44. The summed E-state index contributed by atoms with van der Waals surface area (Å²) in [6, 6.07) is 15.8. The van der Waals surface area contributed by atoms with Crippen molar-refractivity contribution >= 4 is 5.78 Å². The molecule has 2 atom stereocenters. The van der Waals surface area contributed by atoms with E-state index in [2.05, 4.69) is 47.9 Å². The minimum absolute atomic E-state index is 0.0463. The molecule has 4 nitrogen and oxygen atoms in total. The molecule has 1 N–H and O–H groups in total. The number of rotatable bonds is 6. The molecule has 2 aromatic rings. The fourth-order valence-corrected chi connectivity index (χ4v) is 3.93. The van der Waals surface area contributed by atoms with Crippen LogP contribution in [0.4, 0.5) is 4.39 Å². The Balaban J connectivity index is 1.64. The zero-order valence-electron chi connectivity index (χ0n) is 15.9. The summed E-state index contributed by atoms with van der Waals surface area (Å²) in [5.41, 5.74) is 2.11. The number of aliphatic hydroxyl groups is 1. The van der Waals surface area contributed by atoms with Gasteiger partial charge in [-0.15, -0.1) is 0 Å². The summed E-state index contributed by atoms with van der Waals surface area (Å²) < 4.78 is 14.2. The number of aliphatic hydroxyl groups excluding tert-OH is 1. The Kier molecular flexibility index (Phi) is 6.37. The van der Waals surface area contributed by atoms with Crippen LogP contribution < -0.4 is 0 Å². The first-order valence-corrected chi connectivity index (χ1v) is 9.42. The fraction of sp³-hybridized carbons (Fsp3) is 0.409. The maximum Gasteiger partial charge on any atom is 0.191 e. The maximum atomic E-state index is 14.2. The minimum Gasteiger partial charge on any atom is -0.388 e. The van der Waals surface area contributed by atoms with Crippen LogP contribution in [0.25, 0.3) is 0 Å². The second-order valence-electron chi connectivity index (χ2n) is 7.45. The van der Waals surface area contributed by atoms with Crippen LogP contribution in [0.1, 0.15) is 35.3 Å². The molecule has 0 unspecified atom stereocenters. The quantitative estimate of drug-likeness (QED) is 0.794. The number of ketones is 1. The zero-order valence-corrected chi connectivity index (χ0v) is 15.9. The molecule has 27 heavy (non-hydrogen) atoms. The molecule has 144 valence electrons.